The Labute approximate surface area is 89.3 Å². The van der Waals surface area contributed by atoms with E-state index in [0.717, 1.165) is 12.1 Å². The van der Waals surface area contributed by atoms with Crippen LogP contribution in [-0.2, 0) is 6.18 Å². The van der Waals surface area contributed by atoms with Crippen LogP contribution < -0.4 is 5.73 Å². The largest absolute Gasteiger partial charge is 0.416 e. The number of benzene rings is 1. The molecule has 3 nitrogen and oxygen atoms in total. The molecule has 1 aromatic heterocycles. The van der Waals surface area contributed by atoms with Gasteiger partial charge in [-0.05, 0) is 18.2 Å². The summed E-state index contributed by atoms with van der Waals surface area (Å²) in [6.07, 6.45) is -1.52. The van der Waals surface area contributed by atoms with Gasteiger partial charge in [0.2, 0.25) is 0 Å². The fourth-order valence-corrected chi connectivity index (χ4v) is 1.30. The molecule has 16 heavy (non-hydrogen) atoms. The second-order valence-corrected chi connectivity index (χ2v) is 3.27. The topological polar surface area (TPSA) is 43.8 Å². The molecule has 0 aliphatic carbocycles. The van der Waals surface area contributed by atoms with Crippen molar-refractivity contribution in [1.82, 2.24) is 9.78 Å². The quantitative estimate of drug-likeness (QED) is 0.813. The summed E-state index contributed by atoms with van der Waals surface area (Å²) < 4.78 is 38.6. The molecule has 0 aliphatic rings. The second-order valence-electron chi connectivity index (χ2n) is 3.27. The van der Waals surface area contributed by atoms with E-state index in [1.165, 1.54) is 29.2 Å². The minimum absolute atomic E-state index is 0.325. The molecule has 0 aliphatic heterocycles. The number of aromatic nitrogens is 2. The van der Waals surface area contributed by atoms with E-state index in [2.05, 4.69) is 5.10 Å². The third kappa shape index (κ3) is 2.00. The standard InChI is InChI=1S/C10H8F3N3/c11-10(12,13)7-2-1-3-9(4-7)16-6-8(14)5-15-16/h1-6H,14H2. The van der Waals surface area contributed by atoms with E-state index in [-0.39, 0.29) is 0 Å². The number of hydrogen-bond acceptors (Lipinski definition) is 2. The molecule has 2 N–H and O–H groups in total. The normalized spacial score (nSPS) is 11.7. The Morgan fingerprint density at radius 3 is 2.56 bits per heavy atom. The average Bonchev–Trinajstić information content (AvgIpc) is 2.64. The third-order valence-corrected chi connectivity index (χ3v) is 2.04. The van der Waals surface area contributed by atoms with Crippen LogP contribution in [0.4, 0.5) is 18.9 Å². The molecule has 0 bridgehead atoms. The zero-order valence-corrected chi connectivity index (χ0v) is 8.07. The summed E-state index contributed by atoms with van der Waals surface area (Å²) in [4.78, 5) is 0. The van der Waals surface area contributed by atoms with E-state index in [0.29, 0.717) is 11.4 Å². The summed E-state index contributed by atoms with van der Waals surface area (Å²) in [6.45, 7) is 0. The Balaban J connectivity index is 2.44. The molecule has 84 valence electrons. The van der Waals surface area contributed by atoms with Gasteiger partial charge < -0.3 is 5.73 Å². The smallest absolute Gasteiger partial charge is 0.396 e. The maximum Gasteiger partial charge on any atom is 0.416 e. The van der Waals surface area contributed by atoms with Gasteiger partial charge in [-0.2, -0.15) is 18.3 Å². The van der Waals surface area contributed by atoms with Crippen LogP contribution in [0.3, 0.4) is 0 Å². The van der Waals surface area contributed by atoms with Crippen LogP contribution in [0, 0.1) is 0 Å². The van der Waals surface area contributed by atoms with Gasteiger partial charge in [0.25, 0.3) is 0 Å². The first-order valence-corrected chi connectivity index (χ1v) is 4.44. The summed E-state index contributed by atoms with van der Waals surface area (Å²) in [7, 11) is 0. The molecule has 0 saturated carbocycles. The minimum atomic E-state index is -4.35. The summed E-state index contributed by atoms with van der Waals surface area (Å²) in [5.74, 6) is 0. The number of anilines is 1. The Bertz CT molecular complexity index is 502. The van der Waals surface area contributed by atoms with E-state index in [1.807, 2.05) is 0 Å². The molecule has 0 radical (unpaired) electrons. The maximum atomic E-state index is 12.4. The van der Waals surface area contributed by atoms with Crippen LogP contribution in [0.2, 0.25) is 0 Å². The van der Waals surface area contributed by atoms with Gasteiger partial charge in [-0.15, -0.1) is 0 Å². The monoisotopic (exact) mass is 227 g/mol. The van der Waals surface area contributed by atoms with Crippen molar-refractivity contribution in [2.45, 2.75) is 6.18 Å². The van der Waals surface area contributed by atoms with Gasteiger partial charge >= 0.3 is 6.18 Å². The fraction of sp³-hybridized carbons (Fsp3) is 0.100. The first-order valence-electron chi connectivity index (χ1n) is 4.44. The predicted molar refractivity (Wildman–Crippen MR) is 53.0 cm³/mol. The summed E-state index contributed by atoms with van der Waals surface area (Å²) in [5.41, 5.74) is 5.45. The van der Waals surface area contributed by atoms with Gasteiger partial charge in [0.1, 0.15) is 0 Å². The Hall–Kier alpha value is -1.98. The predicted octanol–water partition coefficient (Wildman–Crippen LogP) is 2.47. The molecule has 2 rings (SSSR count). The summed E-state index contributed by atoms with van der Waals surface area (Å²) in [5, 5.41) is 3.83. The maximum absolute atomic E-state index is 12.4. The van der Waals surface area contributed by atoms with Crippen molar-refractivity contribution in [3.05, 3.63) is 42.2 Å². The van der Waals surface area contributed by atoms with Crippen LogP contribution in [-0.4, -0.2) is 9.78 Å². The van der Waals surface area contributed by atoms with Crippen molar-refractivity contribution in [1.29, 1.82) is 0 Å². The number of hydrogen-bond donors (Lipinski definition) is 1. The lowest BCUT2D eigenvalue weighted by Crippen LogP contribution is -2.06. The molecule has 1 aromatic carbocycles. The number of alkyl halides is 3. The molecule has 0 spiro atoms. The molecule has 2 aromatic rings. The van der Waals surface area contributed by atoms with E-state index >= 15 is 0 Å². The van der Waals surface area contributed by atoms with Crippen molar-refractivity contribution < 1.29 is 13.2 Å². The highest BCUT2D eigenvalue weighted by atomic mass is 19.4. The zero-order chi connectivity index (χ0) is 11.8. The molecule has 0 saturated heterocycles. The van der Waals surface area contributed by atoms with Gasteiger partial charge in [-0.25, -0.2) is 4.68 Å². The highest BCUT2D eigenvalue weighted by Gasteiger charge is 2.30. The van der Waals surface area contributed by atoms with Crippen molar-refractivity contribution in [2.75, 3.05) is 5.73 Å². The molecule has 0 unspecified atom stereocenters. The van der Waals surface area contributed by atoms with Crippen LogP contribution >= 0.6 is 0 Å². The Morgan fingerprint density at radius 1 is 1.25 bits per heavy atom. The summed E-state index contributed by atoms with van der Waals surface area (Å²) >= 11 is 0. The number of rotatable bonds is 1. The molecule has 6 heteroatoms. The van der Waals surface area contributed by atoms with Gasteiger partial charge in [-0.3, -0.25) is 0 Å². The highest BCUT2D eigenvalue weighted by Crippen LogP contribution is 2.30. The molecule has 1 heterocycles. The molecular formula is C10H8F3N3. The van der Waals surface area contributed by atoms with E-state index in [9.17, 15) is 13.2 Å². The van der Waals surface area contributed by atoms with Crippen molar-refractivity contribution in [2.24, 2.45) is 0 Å². The van der Waals surface area contributed by atoms with Gasteiger partial charge in [0, 0.05) is 0 Å². The Morgan fingerprint density at radius 2 is 2.00 bits per heavy atom. The molecular weight excluding hydrogens is 219 g/mol. The van der Waals surface area contributed by atoms with Crippen molar-refractivity contribution in [3.8, 4) is 5.69 Å². The van der Waals surface area contributed by atoms with Crippen LogP contribution in [0.25, 0.3) is 5.69 Å². The lowest BCUT2D eigenvalue weighted by molar-refractivity contribution is -0.137. The fourth-order valence-electron chi connectivity index (χ4n) is 1.30. The van der Waals surface area contributed by atoms with E-state index in [4.69, 9.17) is 5.73 Å². The lowest BCUT2D eigenvalue weighted by atomic mass is 10.2. The first-order chi connectivity index (χ1) is 7.47. The minimum Gasteiger partial charge on any atom is -0.396 e. The molecule has 0 amide bonds. The number of nitrogens with two attached hydrogens (primary N) is 1. The zero-order valence-electron chi connectivity index (χ0n) is 8.07. The van der Waals surface area contributed by atoms with E-state index in [1.54, 1.807) is 0 Å². The van der Waals surface area contributed by atoms with E-state index < -0.39 is 11.7 Å². The molecule has 0 fully saturated rings. The van der Waals surface area contributed by atoms with Crippen LogP contribution in [0.1, 0.15) is 5.56 Å². The van der Waals surface area contributed by atoms with Crippen LogP contribution in [0.5, 0.6) is 0 Å². The highest BCUT2D eigenvalue weighted by molar-refractivity contribution is 5.40. The molecule has 0 atom stereocenters. The third-order valence-electron chi connectivity index (χ3n) is 2.04. The van der Waals surface area contributed by atoms with Gasteiger partial charge in [0.15, 0.2) is 0 Å². The SMILES string of the molecule is Nc1cnn(-c2cccc(C(F)(F)F)c2)c1. The number of nitrogen functional groups attached to an aromatic ring is 1. The van der Waals surface area contributed by atoms with Crippen molar-refractivity contribution >= 4 is 5.69 Å². The van der Waals surface area contributed by atoms with Gasteiger partial charge in [0.05, 0.1) is 29.3 Å². The number of halogens is 3. The second kappa shape index (κ2) is 3.55. The van der Waals surface area contributed by atoms with Crippen LogP contribution in [0.15, 0.2) is 36.7 Å². The first kappa shape index (κ1) is 10.5. The summed E-state index contributed by atoms with van der Waals surface area (Å²) in [6, 6.07) is 4.89. The lowest BCUT2D eigenvalue weighted by Gasteiger charge is -2.08. The average molecular weight is 227 g/mol. The van der Waals surface area contributed by atoms with Crippen molar-refractivity contribution in [3.63, 3.8) is 0 Å². The number of nitrogens with zero attached hydrogens (tertiary/aromatic N) is 2. The van der Waals surface area contributed by atoms with Gasteiger partial charge in [-0.1, -0.05) is 6.07 Å². The Kier molecular flexibility index (Phi) is 2.34.